The Morgan fingerprint density at radius 1 is 1.21 bits per heavy atom. The van der Waals surface area contributed by atoms with Gasteiger partial charge in [-0.2, -0.15) is 5.10 Å². The molecule has 6 nitrogen and oxygen atoms in total. The fourth-order valence-electron chi connectivity index (χ4n) is 5.25. The number of rotatable bonds is 5. The second-order valence-corrected chi connectivity index (χ2v) is 8.78. The summed E-state index contributed by atoms with van der Waals surface area (Å²) in [6.45, 7) is 8.84. The average molecular weight is 397 g/mol. The van der Waals surface area contributed by atoms with E-state index in [9.17, 15) is 4.79 Å². The van der Waals surface area contributed by atoms with Crippen molar-refractivity contribution >= 4 is 5.91 Å². The molecular weight excluding hydrogens is 364 g/mol. The minimum Gasteiger partial charge on any atom is -0.379 e. The molecule has 1 amide bonds. The lowest BCUT2D eigenvalue weighted by Crippen LogP contribution is -2.49. The van der Waals surface area contributed by atoms with Gasteiger partial charge in [0.15, 0.2) is 0 Å². The zero-order valence-corrected chi connectivity index (χ0v) is 17.9. The summed E-state index contributed by atoms with van der Waals surface area (Å²) in [5, 5.41) is 7.72. The van der Waals surface area contributed by atoms with Crippen LogP contribution in [0.5, 0.6) is 0 Å². The monoisotopic (exact) mass is 396 g/mol. The number of fused-ring (bicyclic) bond motifs is 1. The average Bonchev–Trinajstić information content (AvgIpc) is 3.21. The molecule has 2 aromatic rings. The molecule has 2 heterocycles. The first-order chi connectivity index (χ1) is 13.9. The maximum atomic E-state index is 11.6. The van der Waals surface area contributed by atoms with Crippen LogP contribution in [-0.2, 0) is 16.1 Å². The van der Waals surface area contributed by atoms with Gasteiger partial charge in [-0.15, -0.1) is 0 Å². The molecule has 6 heteroatoms. The molecule has 1 aliphatic carbocycles. The smallest absolute Gasteiger partial charge is 0.217 e. The van der Waals surface area contributed by atoms with E-state index in [4.69, 9.17) is 4.74 Å². The van der Waals surface area contributed by atoms with Crippen molar-refractivity contribution in [1.82, 2.24) is 20.0 Å². The highest BCUT2D eigenvalue weighted by atomic mass is 16.5. The van der Waals surface area contributed by atoms with Gasteiger partial charge >= 0.3 is 0 Å². The highest BCUT2D eigenvalue weighted by Crippen LogP contribution is 2.38. The van der Waals surface area contributed by atoms with Crippen LogP contribution >= 0.6 is 0 Å². The highest BCUT2D eigenvalue weighted by molar-refractivity contribution is 5.73. The summed E-state index contributed by atoms with van der Waals surface area (Å²) in [7, 11) is 1.76. The topological polar surface area (TPSA) is 59.4 Å². The number of ether oxygens (including phenoxy) is 1. The van der Waals surface area contributed by atoms with Crippen LogP contribution < -0.4 is 5.32 Å². The third-order valence-corrected chi connectivity index (χ3v) is 6.45. The Hall–Kier alpha value is -2.18. The van der Waals surface area contributed by atoms with Crippen molar-refractivity contribution in [3.63, 3.8) is 0 Å². The van der Waals surface area contributed by atoms with Crippen molar-refractivity contribution in [3.8, 4) is 5.69 Å². The fraction of sp³-hybridized carbons (Fsp3) is 0.565. The number of likely N-dealkylation sites (tertiary alicyclic amines) is 1. The first kappa shape index (κ1) is 20.1. The SMILES string of the molecule is CO[C@@H]1C[C@H]2CN(Cc3cccc(-n4nc(C)cc4C)c3)C[C@H]2C[C@H]1NC(C)=O. The first-order valence-corrected chi connectivity index (χ1v) is 10.6. The van der Waals surface area contributed by atoms with Crippen LogP contribution in [-0.4, -0.2) is 52.9 Å². The summed E-state index contributed by atoms with van der Waals surface area (Å²) < 4.78 is 7.72. The summed E-state index contributed by atoms with van der Waals surface area (Å²) in [4.78, 5) is 14.1. The third kappa shape index (κ3) is 4.38. The molecule has 0 bridgehead atoms. The zero-order valence-electron chi connectivity index (χ0n) is 17.9. The van der Waals surface area contributed by atoms with Crippen molar-refractivity contribution in [3.05, 3.63) is 47.3 Å². The quantitative estimate of drug-likeness (QED) is 0.844. The van der Waals surface area contributed by atoms with E-state index >= 15 is 0 Å². The van der Waals surface area contributed by atoms with E-state index in [1.807, 2.05) is 11.6 Å². The molecule has 0 spiro atoms. The van der Waals surface area contributed by atoms with Gasteiger partial charge in [-0.25, -0.2) is 4.68 Å². The lowest BCUT2D eigenvalue weighted by molar-refractivity contribution is -0.121. The Morgan fingerprint density at radius 3 is 2.62 bits per heavy atom. The molecule has 29 heavy (non-hydrogen) atoms. The van der Waals surface area contributed by atoms with E-state index in [0.717, 1.165) is 49.6 Å². The molecule has 4 rings (SSSR count). The molecule has 1 saturated heterocycles. The van der Waals surface area contributed by atoms with E-state index in [2.05, 4.69) is 52.6 Å². The van der Waals surface area contributed by atoms with Crippen molar-refractivity contribution in [2.24, 2.45) is 11.8 Å². The molecule has 1 aromatic carbocycles. The summed E-state index contributed by atoms with van der Waals surface area (Å²) in [5.41, 5.74) is 4.63. The maximum absolute atomic E-state index is 11.6. The Labute approximate surface area is 173 Å². The van der Waals surface area contributed by atoms with Gasteiger partial charge in [0.1, 0.15) is 0 Å². The van der Waals surface area contributed by atoms with Crippen molar-refractivity contribution in [2.75, 3.05) is 20.2 Å². The van der Waals surface area contributed by atoms with Crippen LogP contribution in [0.2, 0.25) is 0 Å². The van der Waals surface area contributed by atoms with E-state index in [1.54, 1.807) is 14.0 Å². The molecule has 0 unspecified atom stereocenters. The number of hydrogen-bond donors (Lipinski definition) is 1. The van der Waals surface area contributed by atoms with Crippen LogP contribution in [0.4, 0.5) is 0 Å². The lowest BCUT2D eigenvalue weighted by Gasteiger charge is -2.37. The van der Waals surface area contributed by atoms with Gasteiger partial charge in [-0.1, -0.05) is 12.1 Å². The molecule has 4 atom stereocenters. The minimum absolute atomic E-state index is 0.0336. The van der Waals surface area contributed by atoms with Gasteiger partial charge in [0, 0.05) is 39.4 Å². The number of hydrogen-bond acceptors (Lipinski definition) is 4. The van der Waals surface area contributed by atoms with Crippen molar-refractivity contribution in [2.45, 2.75) is 52.3 Å². The Balaban J connectivity index is 1.43. The number of carbonyl (C=O) groups excluding carboxylic acids is 1. The molecule has 1 saturated carbocycles. The molecule has 2 aliphatic rings. The van der Waals surface area contributed by atoms with Crippen LogP contribution in [0.25, 0.3) is 5.69 Å². The first-order valence-electron chi connectivity index (χ1n) is 10.6. The highest BCUT2D eigenvalue weighted by Gasteiger charge is 2.42. The van der Waals surface area contributed by atoms with Crippen LogP contribution in [0, 0.1) is 25.7 Å². The fourth-order valence-corrected chi connectivity index (χ4v) is 5.25. The van der Waals surface area contributed by atoms with Gasteiger partial charge in [0.2, 0.25) is 5.91 Å². The number of nitrogens with one attached hydrogen (secondary N) is 1. The largest absolute Gasteiger partial charge is 0.379 e. The van der Waals surface area contributed by atoms with Gasteiger partial charge < -0.3 is 10.1 Å². The van der Waals surface area contributed by atoms with E-state index in [-0.39, 0.29) is 18.1 Å². The third-order valence-electron chi connectivity index (χ3n) is 6.45. The van der Waals surface area contributed by atoms with Crippen LogP contribution in [0.1, 0.15) is 36.7 Å². The second-order valence-electron chi connectivity index (χ2n) is 8.78. The number of benzene rings is 1. The lowest BCUT2D eigenvalue weighted by atomic mass is 9.77. The number of aryl methyl sites for hydroxylation is 2. The van der Waals surface area contributed by atoms with Crippen molar-refractivity contribution < 1.29 is 9.53 Å². The summed E-state index contributed by atoms with van der Waals surface area (Å²) in [6, 6.07) is 10.9. The Morgan fingerprint density at radius 2 is 1.97 bits per heavy atom. The number of nitrogens with zero attached hydrogens (tertiary/aromatic N) is 3. The normalized spacial score (nSPS) is 27.0. The molecule has 2 fully saturated rings. The number of carbonyl (C=O) groups is 1. The van der Waals surface area contributed by atoms with E-state index < -0.39 is 0 Å². The maximum Gasteiger partial charge on any atom is 0.217 e. The van der Waals surface area contributed by atoms with Gasteiger partial charge in [-0.05, 0) is 62.3 Å². The summed E-state index contributed by atoms with van der Waals surface area (Å²) in [5.74, 6) is 1.30. The molecular formula is C23H32N4O2. The van der Waals surface area contributed by atoms with Crippen LogP contribution in [0.3, 0.4) is 0 Å². The summed E-state index contributed by atoms with van der Waals surface area (Å²) >= 11 is 0. The molecule has 1 N–H and O–H groups in total. The molecule has 156 valence electrons. The van der Waals surface area contributed by atoms with Gasteiger partial charge in [-0.3, -0.25) is 9.69 Å². The van der Waals surface area contributed by atoms with E-state index in [1.165, 1.54) is 5.56 Å². The van der Waals surface area contributed by atoms with Crippen molar-refractivity contribution in [1.29, 1.82) is 0 Å². The Bertz CT molecular complexity index is 878. The summed E-state index contributed by atoms with van der Waals surface area (Å²) in [6.07, 6.45) is 2.15. The minimum atomic E-state index is 0.0336. The van der Waals surface area contributed by atoms with Gasteiger partial charge in [0.25, 0.3) is 0 Å². The van der Waals surface area contributed by atoms with Gasteiger partial charge in [0.05, 0.1) is 23.5 Å². The predicted molar refractivity (Wildman–Crippen MR) is 113 cm³/mol. The molecule has 1 aromatic heterocycles. The molecule has 0 radical (unpaired) electrons. The molecule has 1 aliphatic heterocycles. The zero-order chi connectivity index (χ0) is 20.5. The Kier molecular flexibility index (Phi) is 5.74. The second kappa shape index (κ2) is 8.28. The standard InChI is InChI=1S/C23H32N4O2/c1-15-8-16(2)27(25-15)21-7-5-6-18(9-21)12-26-13-19-10-22(24-17(3)28)23(29-4)11-20(19)14-26/h5-9,19-20,22-23H,10-14H2,1-4H3,(H,24,28)/t19-,20+,22-,23-/m1/s1. The predicted octanol–water partition coefficient (Wildman–Crippen LogP) is 2.85. The van der Waals surface area contributed by atoms with Crippen LogP contribution in [0.15, 0.2) is 30.3 Å². The number of methoxy groups -OCH3 is 1. The van der Waals surface area contributed by atoms with E-state index in [0.29, 0.717) is 11.8 Å². The number of amides is 1. The number of aromatic nitrogens is 2.